The van der Waals surface area contributed by atoms with Gasteiger partial charge in [-0.05, 0) is 31.1 Å². The fourth-order valence-corrected chi connectivity index (χ4v) is 4.08. The van der Waals surface area contributed by atoms with Crippen LogP contribution in [0.15, 0.2) is 23.5 Å². The van der Waals surface area contributed by atoms with Crippen molar-refractivity contribution in [2.75, 3.05) is 32.3 Å². The van der Waals surface area contributed by atoms with Crippen molar-refractivity contribution >= 4 is 51.7 Å². The first kappa shape index (κ1) is 20.3. The molecule has 1 aromatic carbocycles. The normalized spacial score (nSPS) is 13.6. The number of rotatable bonds is 7. The zero-order valence-corrected chi connectivity index (χ0v) is 18.6. The van der Waals surface area contributed by atoms with Crippen molar-refractivity contribution in [3.63, 3.8) is 0 Å². The third kappa shape index (κ3) is 4.04. The molecule has 0 amide bonds. The maximum absolute atomic E-state index is 6.61. The van der Waals surface area contributed by atoms with Gasteiger partial charge in [-0.1, -0.05) is 35.0 Å². The summed E-state index contributed by atoms with van der Waals surface area (Å²) in [5.41, 5.74) is 1.93. The highest BCUT2D eigenvalue weighted by molar-refractivity contribution is 7.98. The number of nitrogens with zero attached hydrogens (tertiary/aromatic N) is 3. The molecule has 0 unspecified atom stereocenters. The summed E-state index contributed by atoms with van der Waals surface area (Å²) in [5, 5.41) is 5.74. The van der Waals surface area contributed by atoms with Crippen molar-refractivity contribution in [3.8, 4) is 22.8 Å². The topological polar surface area (TPSA) is 69.2 Å². The van der Waals surface area contributed by atoms with E-state index in [4.69, 9.17) is 37.7 Å². The fraction of sp³-hybridized carbons (Fsp3) is 0.350. The first-order valence-corrected chi connectivity index (χ1v) is 11.1. The van der Waals surface area contributed by atoms with Crippen molar-refractivity contribution in [1.29, 1.82) is 0 Å². The minimum atomic E-state index is 0.375. The average Bonchev–Trinajstić information content (AvgIpc) is 3.56. The Labute approximate surface area is 183 Å². The van der Waals surface area contributed by atoms with Crippen LogP contribution in [0, 0.1) is 5.92 Å². The standard InChI is InChI=1S/C20H20Cl2N4O2S/c1-27-13-7-14(28-2)17(22)15(16(13)21)12-6-11-9-24-20(29-3)26-18(11)19(25-12)23-8-10-4-5-10/h6-7,9-10H,4-5,8H2,1-3H3,(H,23,25). The summed E-state index contributed by atoms with van der Waals surface area (Å²) in [5.74, 6) is 2.30. The number of benzene rings is 1. The van der Waals surface area contributed by atoms with E-state index < -0.39 is 0 Å². The highest BCUT2D eigenvalue weighted by Gasteiger charge is 2.24. The second kappa shape index (κ2) is 8.42. The van der Waals surface area contributed by atoms with Crippen LogP contribution in [-0.4, -0.2) is 42.0 Å². The molecule has 0 bridgehead atoms. The highest BCUT2D eigenvalue weighted by atomic mass is 35.5. The van der Waals surface area contributed by atoms with Gasteiger partial charge in [-0.2, -0.15) is 0 Å². The molecule has 2 heterocycles. The van der Waals surface area contributed by atoms with E-state index in [9.17, 15) is 0 Å². The number of nitrogens with one attached hydrogen (secondary N) is 1. The van der Waals surface area contributed by atoms with Crippen molar-refractivity contribution in [1.82, 2.24) is 15.0 Å². The number of aromatic nitrogens is 3. The lowest BCUT2D eigenvalue weighted by Gasteiger charge is -2.16. The zero-order valence-electron chi connectivity index (χ0n) is 16.3. The molecule has 0 radical (unpaired) electrons. The van der Waals surface area contributed by atoms with E-state index in [0.29, 0.717) is 49.7 Å². The van der Waals surface area contributed by atoms with Crippen molar-refractivity contribution in [3.05, 3.63) is 28.4 Å². The van der Waals surface area contributed by atoms with Crippen LogP contribution in [0.1, 0.15) is 12.8 Å². The van der Waals surface area contributed by atoms with Gasteiger partial charge in [-0.3, -0.25) is 0 Å². The van der Waals surface area contributed by atoms with Gasteiger partial charge in [0, 0.05) is 29.8 Å². The third-order valence-electron chi connectivity index (χ3n) is 4.81. The smallest absolute Gasteiger partial charge is 0.187 e. The van der Waals surface area contributed by atoms with Crippen molar-refractivity contribution < 1.29 is 9.47 Å². The Morgan fingerprint density at radius 3 is 2.38 bits per heavy atom. The quantitative estimate of drug-likeness (QED) is 0.373. The molecule has 9 heteroatoms. The van der Waals surface area contributed by atoms with Crippen molar-refractivity contribution in [2.45, 2.75) is 18.0 Å². The summed E-state index contributed by atoms with van der Waals surface area (Å²) in [4.78, 5) is 13.9. The van der Waals surface area contributed by atoms with Gasteiger partial charge < -0.3 is 14.8 Å². The van der Waals surface area contributed by atoms with Crippen LogP contribution in [0.3, 0.4) is 0 Å². The Morgan fingerprint density at radius 1 is 1.10 bits per heavy atom. The molecule has 1 saturated carbocycles. The Balaban J connectivity index is 1.92. The van der Waals surface area contributed by atoms with E-state index in [2.05, 4.69) is 15.3 Å². The lowest BCUT2D eigenvalue weighted by molar-refractivity contribution is 0.395. The Hall–Kier alpha value is -1.96. The zero-order chi connectivity index (χ0) is 20.5. The summed E-state index contributed by atoms with van der Waals surface area (Å²) < 4.78 is 10.8. The summed E-state index contributed by atoms with van der Waals surface area (Å²) in [7, 11) is 3.10. The Bertz CT molecular complexity index is 1050. The molecular formula is C20H20Cl2N4O2S. The van der Waals surface area contributed by atoms with Crippen LogP contribution in [-0.2, 0) is 0 Å². The summed E-state index contributed by atoms with van der Waals surface area (Å²) in [6.07, 6.45) is 6.21. The van der Waals surface area contributed by atoms with Gasteiger partial charge in [-0.15, -0.1) is 0 Å². The van der Waals surface area contributed by atoms with E-state index in [1.807, 2.05) is 12.3 Å². The van der Waals surface area contributed by atoms with Gasteiger partial charge in [0.25, 0.3) is 0 Å². The number of pyridine rings is 1. The molecule has 1 aliphatic carbocycles. The molecule has 152 valence electrons. The molecule has 0 aliphatic heterocycles. The summed E-state index contributed by atoms with van der Waals surface area (Å²) in [6.45, 7) is 0.854. The first-order chi connectivity index (χ1) is 14.0. The number of halogens is 2. The van der Waals surface area contributed by atoms with E-state index >= 15 is 0 Å². The van der Waals surface area contributed by atoms with Gasteiger partial charge in [0.15, 0.2) is 11.0 Å². The summed E-state index contributed by atoms with van der Waals surface area (Å²) in [6, 6.07) is 3.54. The molecule has 0 saturated heterocycles. The summed E-state index contributed by atoms with van der Waals surface area (Å²) >= 11 is 14.7. The van der Waals surface area contributed by atoms with Crippen LogP contribution in [0.25, 0.3) is 22.2 Å². The number of ether oxygens (including phenoxy) is 2. The molecule has 29 heavy (non-hydrogen) atoms. The third-order valence-corrected chi connectivity index (χ3v) is 6.12. The van der Waals surface area contributed by atoms with Crippen LogP contribution in [0.5, 0.6) is 11.5 Å². The molecule has 3 aromatic rings. The number of fused-ring (bicyclic) bond motifs is 1. The molecule has 0 atom stereocenters. The van der Waals surface area contributed by atoms with Gasteiger partial charge in [-0.25, -0.2) is 15.0 Å². The predicted octanol–water partition coefficient (Wildman–Crippen LogP) is 5.56. The Morgan fingerprint density at radius 2 is 1.79 bits per heavy atom. The van der Waals surface area contributed by atoms with E-state index in [1.165, 1.54) is 24.6 Å². The second-order valence-electron chi connectivity index (χ2n) is 6.76. The fourth-order valence-electron chi connectivity index (χ4n) is 3.05. The van der Waals surface area contributed by atoms with Crippen LogP contribution in [0.4, 0.5) is 5.82 Å². The maximum atomic E-state index is 6.61. The van der Waals surface area contributed by atoms with Gasteiger partial charge in [0.05, 0.1) is 30.0 Å². The average molecular weight is 451 g/mol. The maximum Gasteiger partial charge on any atom is 0.187 e. The first-order valence-electron chi connectivity index (χ1n) is 9.11. The molecule has 2 aromatic heterocycles. The minimum Gasteiger partial charge on any atom is -0.495 e. The number of anilines is 1. The minimum absolute atomic E-state index is 0.375. The van der Waals surface area contributed by atoms with Crippen LogP contribution in [0.2, 0.25) is 10.0 Å². The molecule has 1 fully saturated rings. The molecule has 6 nitrogen and oxygen atoms in total. The number of hydrogen-bond acceptors (Lipinski definition) is 7. The second-order valence-corrected chi connectivity index (χ2v) is 8.29. The largest absolute Gasteiger partial charge is 0.495 e. The molecular weight excluding hydrogens is 431 g/mol. The van der Waals surface area contributed by atoms with Crippen molar-refractivity contribution in [2.24, 2.45) is 5.92 Å². The lowest BCUT2D eigenvalue weighted by Crippen LogP contribution is -2.07. The molecule has 0 spiro atoms. The van der Waals surface area contributed by atoms with Gasteiger partial charge >= 0.3 is 0 Å². The van der Waals surface area contributed by atoms with E-state index in [1.54, 1.807) is 26.5 Å². The predicted molar refractivity (Wildman–Crippen MR) is 119 cm³/mol. The lowest BCUT2D eigenvalue weighted by atomic mass is 10.1. The van der Waals surface area contributed by atoms with Gasteiger partial charge in [0.2, 0.25) is 0 Å². The molecule has 1 aliphatic rings. The SMILES string of the molecule is COc1cc(OC)c(Cl)c(-c2cc3cnc(SC)nc3c(NCC3CC3)n2)c1Cl. The van der Waals surface area contributed by atoms with E-state index in [0.717, 1.165) is 17.4 Å². The molecule has 4 rings (SSSR count). The van der Waals surface area contributed by atoms with E-state index in [-0.39, 0.29) is 0 Å². The van der Waals surface area contributed by atoms with Crippen LogP contribution >= 0.6 is 35.0 Å². The number of thioether (sulfide) groups is 1. The molecule has 1 N–H and O–H groups in total. The number of hydrogen-bond donors (Lipinski definition) is 1. The monoisotopic (exact) mass is 450 g/mol. The van der Waals surface area contributed by atoms with Gasteiger partial charge in [0.1, 0.15) is 17.0 Å². The Kier molecular flexibility index (Phi) is 5.90. The van der Waals surface area contributed by atoms with Crippen LogP contribution < -0.4 is 14.8 Å². The number of methoxy groups -OCH3 is 2. The highest BCUT2D eigenvalue weighted by Crippen LogP contribution is 2.46.